The minimum atomic E-state index is 0.822. The van der Waals surface area contributed by atoms with Crippen molar-refractivity contribution in [3.05, 3.63) is 18.7 Å². The number of hydrogen-bond acceptors (Lipinski definition) is 3. The summed E-state index contributed by atoms with van der Waals surface area (Å²) in [4.78, 5) is 2.64. The summed E-state index contributed by atoms with van der Waals surface area (Å²) in [6.45, 7) is 6.49. The minimum absolute atomic E-state index is 0.822. The van der Waals surface area contributed by atoms with Gasteiger partial charge in [-0.1, -0.05) is 44.9 Å². The molecule has 4 N–H and O–H groups in total. The monoisotopic (exact) mass is 408 g/mol. The first-order valence-electron chi connectivity index (χ1n) is 12.4. The molecule has 0 spiro atoms. The zero-order chi connectivity index (χ0) is 21.0. The van der Waals surface area contributed by atoms with E-state index in [9.17, 15) is 0 Å². The van der Waals surface area contributed by atoms with Crippen molar-refractivity contribution in [2.75, 3.05) is 32.7 Å². The molecule has 0 aliphatic carbocycles. The van der Waals surface area contributed by atoms with E-state index in [1.807, 2.05) is 0 Å². The molecule has 170 valence electrons. The number of hydrogen-bond donors (Lipinski definition) is 2. The van der Waals surface area contributed by atoms with E-state index in [4.69, 9.17) is 11.5 Å². The first-order chi connectivity index (χ1) is 14.3. The van der Waals surface area contributed by atoms with Crippen LogP contribution in [0.1, 0.15) is 89.9 Å². The lowest BCUT2D eigenvalue weighted by atomic mass is 10.1. The number of rotatable bonds is 21. The van der Waals surface area contributed by atoms with Crippen molar-refractivity contribution in [2.24, 2.45) is 18.5 Å². The van der Waals surface area contributed by atoms with Crippen LogP contribution in [0.4, 0.5) is 0 Å². The third-order valence-electron chi connectivity index (χ3n) is 5.82. The van der Waals surface area contributed by atoms with Gasteiger partial charge in [0.15, 0.2) is 0 Å². The van der Waals surface area contributed by atoms with Crippen LogP contribution in [-0.4, -0.2) is 42.2 Å². The second-order valence-corrected chi connectivity index (χ2v) is 8.69. The molecule has 0 saturated carbocycles. The Bertz CT molecular complexity index is 450. The second-order valence-electron chi connectivity index (χ2n) is 8.69. The second kappa shape index (κ2) is 19.1. The van der Waals surface area contributed by atoms with Gasteiger partial charge in [0.1, 0.15) is 12.4 Å². The number of aromatic nitrogens is 2. The Morgan fingerprint density at radius 1 is 0.655 bits per heavy atom. The van der Waals surface area contributed by atoms with Crippen LogP contribution >= 0.6 is 0 Å². The maximum atomic E-state index is 5.64. The zero-order valence-electron chi connectivity index (χ0n) is 19.4. The summed E-state index contributed by atoms with van der Waals surface area (Å²) >= 11 is 0. The fourth-order valence-electron chi connectivity index (χ4n) is 3.97. The molecule has 1 aromatic heterocycles. The van der Waals surface area contributed by atoms with Crippen LogP contribution in [0, 0.1) is 0 Å². The lowest BCUT2D eigenvalue weighted by Gasteiger charge is -2.22. The van der Waals surface area contributed by atoms with E-state index < -0.39 is 0 Å². The molecule has 1 heterocycles. The molecule has 0 aliphatic rings. The molecule has 0 amide bonds. The van der Waals surface area contributed by atoms with Crippen LogP contribution in [0.2, 0.25) is 0 Å². The standard InChI is InChI=1S/C24H50N5/c1-27-22-23-29(24-27)21-13-9-7-5-3-2-4-6-8-12-18-28(19-14-10-16-25)20-15-11-17-26/h22-24H,2-21,25-26H2,1H3/q+1. The van der Waals surface area contributed by atoms with Crippen LogP contribution < -0.4 is 16.0 Å². The van der Waals surface area contributed by atoms with Crippen LogP contribution in [0.5, 0.6) is 0 Å². The molecule has 0 bridgehead atoms. The quantitative estimate of drug-likeness (QED) is 0.239. The molecule has 0 unspecified atom stereocenters. The summed E-state index contributed by atoms with van der Waals surface area (Å²) < 4.78 is 4.40. The van der Waals surface area contributed by atoms with Gasteiger partial charge in [-0.25, -0.2) is 9.13 Å². The highest BCUT2D eigenvalue weighted by molar-refractivity contribution is 4.65. The average Bonchev–Trinajstić information content (AvgIpc) is 3.13. The van der Waals surface area contributed by atoms with Gasteiger partial charge in [-0.2, -0.15) is 0 Å². The molecule has 0 saturated heterocycles. The topological polar surface area (TPSA) is 64.1 Å². The molecule has 1 rings (SSSR count). The summed E-state index contributed by atoms with van der Waals surface area (Å²) in [5.41, 5.74) is 11.3. The largest absolute Gasteiger partial charge is 0.330 e. The molecular formula is C24H50N5+. The number of aryl methyl sites for hydroxylation is 2. The van der Waals surface area contributed by atoms with Crippen molar-refractivity contribution in [3.63, 3.8) is 0 Å². The van der Waals surface area contributed by atoms with Gasteiger partial charge < -0.3 is 16.4 Å². The molecule has 5 nitrogen and oxygen atoms in total. The average molecular weight is 409 g/mol. The van der Waals surface area contributed by atoms with E-state index in [0.29, 0.717) is 0 Å². The Labute approximate surface area is 180 Å². The van der Waals surface area contributed by atoms with Crippen LogP contribution in [0.15, 0.2) is 18.7 Å². The van der Waals surface area contributed by atoms with Crippen LogP contribution in [0.25, 0.3) is 0 Å². The summed E-state index contributed by atoms with van der Waals surface area (Å²) in [5.74, 6) is 0. The summed E-state index contributed by atoms with van der Waals surface area (Å²) in [7, 11) is 2.08. The summed E-state index contributed by atoms with van der Waals surface area (Å²) in [5, 5.41) is 0. The smallest absolute Gasteiger partial charge is 0.243 e. The number of nitrogens with two attached hydrogens (primary N) is 2. The van der Waals surface area contributed by atoms with Gasteiger partial charge in [0.05, 0.1) is 13.6 Å². The minimum Gasteiger partial charge on any atom is -0.330 e. The SMILES string of the molecule is C[n+]1ccn(CCCCCCCCCCCCN(CCCCN)CCCCN)c1. The van der Waals surface area contributed by atoms with Gasteiger partial charge in [0.25, 0.3) is 0 Å². The molecule has 0 radical (unpaired) electrons. The molecular weight excluding hydrogens is 358 g/mol. The lowest BCUT2D eigenvalue weighted by Crippen LogP contribution is -2.28. The number of imidazole rings is 1. The zero-order valence-corrected chi connectivity index (χ0v) is 19.4. The molecule has 0 aromatic carbocycles. The van der Waals surface area contributed by atoms with Crippen LogP contribution in [0.3, 0.4) is 0 Å². The third-order valence-corrected chi connectivity index (χ3v) is 5.82. The van der Waals surface area contributed by atoms with E-state index >= 15 is 0 Å². The normalized spacial score (nSPS) is 11.6. The highest BCUT2D eigenvalue weighted by Crippen LogP contribution is 2.12. The van der Waals surface area contributed by atoms with Gasteiger partial charge in [0, 0.05) is 0 Å². The van der Waals surface area contributed by atoms with Gasteiger partial charge in [-0.15, -0.1) is 0 Å². The first kappa shape index (κ1) is 26.1. The first-order valence-corrected chi connectivity index (χ1v) is 12.4. The predicted octanol–water partition coefficient (Wildman–Crippen LogP) is 3.99. The Balaban J connectivity index is 1.88. The Morgan fingerprint density at radius 3 is 1.55 bits per heavy atom. The number of nitrogens with zero attached hydrogens (tertiary/aromatic N) is 3. The molecule has 0 aliphatic heterocycles. The van der Waals surface area contributed by atoms with E-state index in [1.165, 1.54) is 96.7 Å². The summed E-state index contributed by atoms with van der Waals surface area (Å²) in [6.07, 6.45) is 25.1. The fourth-order valence-corrected chi connectivity index (χ4v) is 3.97. The van der Waals surface area contributed by atoms with E-state index in [0.717, 1.165) is 32.5 Å². The number of unbranched alkanes of at least 4 members (excludes halogenated alkanes) is 11. The molecule has 29 heavy (non-hydrogen) atoms. The molecule has 5 heteroatoms. The van der Waals surface area contributed by atoms with Crippen molar-refractivity contribution in [3.8, 4) is 0 Å². The van der Waals surface area contributed by atoms with Crippen molar-refractivity contribution < 1.29 is 4.57 Å². The summed E-state index contributed by atoms with van der Waals surface area (Å²) in [6, 6.07) is 0. The van der Waals surface area contributed by atoms with Crippen molar-refractivity contribution >= 4 is 0 Å². The maximum Gasteiger partial charge on any atom is 0.243 e. The molecule has 0 fully saturated rings. The molecule has 0 atom stereocenters. The van der Waals surface area contributed by atoms with E-state index in [1.54, 1.807) is 0 Å². The fraction of sp³-hybridized carbons (Fsp3) is 0.875. The van der Waals surface area contributed by atoms with Crippen molar-refractivity contribution in [1.29, 1.82) is 0 Å². The highest BCUT2D eigenvalue weighted by Gasteiger charge is 2.04. The molecule has 1 aromatic rings. The van der Waals surface area contributed by atoms with Crippen molar-refractivity contribution in [2.45, 2.75) is 96.4 Å². The van der Waals surface area contributed by atoms with E-state index in [-0.39, 0.29) is 0 Å². The van der Waals surface area contributed by atoms with Gasteiger partial charge in [-0.3, -0.25) is 0 Å². The highest BCUT2D eigenvalue weighted by atomic mass is 15.1. The van der Waals surface area contributed by atoms with Gasteiger partial charge in [0.2, 0.25) is 6.33 Å². The lowest BCUT2D eigenvalue weighted by molar-refractivity contribution is -0.671. The third kappa shape index (κ3) is 15.6. The Hall–Kier alpha value is -0.910. The van der Waals surface area contributed by atoms with Crippen molar-refractivity contribution in [1.82, 2.24) is 9.47 Å². The van der Waals surface area contributed by atoms with Crippen LogP contribution in [-0.2, 0) is 13.6 Å². The van der Waals surface area contributed by atoms with Gasteiger partial charge in [-0.05, 0) is 77.7 Å². The Morgan fingerprint density at radius 2 is 1.10 bits per heavy atom. The van der Waals surface area contributed by atoms with Gasteiger partial charge >= 0.3 is 0 Å². The predicted molar refractivity (Wildman–Crippen MR) is 125 cm³/mol. The Kier molecular flexibility index (Phi) is 17.2. The maximum absolute atomic E-state index is 5.64. The van der Waals surface area contributed by atoms with E-state index in [2.05, 4.69) is 39.8 Å².